The number of nitrogens with zero attached hydrogens (tertiary/aromatic N) is 1. The summed E-state index contributed by atoms with van der Waals surface area (Å²) in [5.74, 6) is -2.14. The van der Waals surface area contributed by atoms with Crippen LogP contribution in [0.4, 0.5) is 10.1 Å². The molecule has 0 bridgehead atoms. The van der Waals surface area contributed by atoms with E-state index in [9.17, 15) is 24.2 Å². The van der Waals surface area contributed by atoms with Crippen molar-refractivity contribution in [3.63, 3.8) is 0 Å². The lowest BCUT2D eigenvalue weighted by molar-refractivity contribution is -0.123. The van der Waals surface area contributed by atoms with E-state index >= 15 is 0 Å². The number of aliphatic hydroxyl groups is 1. The minimum absolute atomic E-state index is 0.0116. The lowest BCUT2D eigenvalue weighted by Crippen LogP contribution is -2.32. The van der Waals surface area contributed by atoms with Gasteiger partial charge in [-0.05, 0) is 42.0 Å². The molecule has 2 aromatic carbocycles. The molecule has 0 spiro atoms. The molecule has 0 aromatic heterocycles. The van der Waals surface area contributed by atoms with E-state index in [1.165, 1.54) is 41.3 Å². The molecule has 1 amide bonds. The molecule has 140 valence electrons. The highest BCUT2D eigenvalue weighted by Gasteiger charge is 2.46. The van der Waals surface area contributed by atoms with E-state index in [4.69, 9.17) is 0 Å². The SMILES string of the molecule is CC(C)(C)C(=O)C1=C(O)C(=O)N(c2ccc(F)cc2)C1c1ccc(O)cc1. The number of ketones is 1. The molecule has 3 rings (SSSR count). The van der Waals surface area contributed by atoms with Crippen molar-refractivity contribution in [1.29, 1.82) is 0 Å². The van der Waals surface area contributed by atoms with Gasteiger partial charge >= 0.3 is 0 Å². The third kappa shape index (κ3) is 3.30. The largest absolute Gasteiger partial charge is 0.508 e. The average Bonchev–Trinajstić information content (AvgIpc) is 2.86. The molecule has 0 aliphatic carbocycles. The highest BCUT2D eigenvalue weighted by atomic mass is 19.1. The maximum absolute atomic E-state index is 13.3. The predicted molar refractivity (Wildman–Crippen MR) is 98.9 cm³/mol. The van der Waals surface area contributed by atoms with E-state index in [1.54, 1.807) is 32.9 Å². The summed E-state index contributed by atoms with van der Waals surface area (Å²) in [5, 5.41) is 20.1. The number of anilines is 1. The molecule has 0 fully saturated rings. The number of halogens is 1. The van der Waals surface area contributed by atoms with Crippen molar-refractivity contribution < 1.29 is 24.2 Å². The molecule has 1 atom stereocenters. The molecule has 0 saturated heterocycles. The Labute approximate surface area is 156 Å². The summed E-state index contributed by atoms with van der Waals surface area (Å²) < 4.78 is 13.3. The number of amides is 1. The van der Waals surface area contributed by atoms with E-state index in [0.29, 0.717) is 11.3 Å². The monoisotopic (exact) mass is 369 g/mol. The molecule has 1 aliphatic rings. The summed E-state index contributed by atoms with van der Waals surface area (Å²) in [6.07, 6.45) is 0. The molecule has 27 heavy (non-hydrogen) atoms. The first-order valence-corrected chi connectivity index (χ1v) is 8.47. The van der Waals surface area contributed by atoms with Gasteiger partial charge in [0, 0.05) is 11.1 Å². The molecule has 1 unspecified atom stereocenters. The zero-order valence-electron chi connectivity index (χ0n) is 15.2. The molecule has 0 saturated carbocycles. The van der Waals surface area contributed by atoms with Crippen molar-refractivity contribution in [2.24, 2.45) is 5.41 Å². The van der Waals surface area contributed by atoms with Gasteiger partial charge in [0.25, 0.3) is 5.91 Å². The minimum Gasteiger partial charge on any atom is -0.508 e. The van der Waals surface area contributed by atoms with Gasteiger partial charge in [-0.25, -0.2) is 4.39 Å². The number of phenols is 1. The van der Waals surface area contributed by atoms with Gasteiger partial charge in [0.2, 0.25) is 0 Å². The summed E-state index contributed by atoms with van der Waals surface area (Å²) in [4.78, 5) is 27.1. The fraction of sp³-hybridized carbons (Fsp3) is 0.238. The Bertz CT molecular complexity index is 924. The van der Waals surface area contributed by atoms with Gasteiger partial charge in [-0.3, -0.25) is 14.5 Å². The summed E-state index contributed by atoms with van der Waals surface area (Å²) >= 11 is 0. The Kier molecular flexibility index (Phi) is 4.51. The third-order valence-electron chi connectivity index (χ3n) is 4.45. The average molecular weight is 369 g/mol. The zero-order valence-corrected chi connectivity index (χ0v) is 15.2. The van der Waals surface area contributed by atoms with Crippen LogP contribution in [-0.2, 0) is 9.59 Å². The Balaban J connectivity index is 2.19. The fourth-order valence-corrected chi connectivity index (χ4v) is 3.08. The van der Waals surface area contributed by atoms with E-state index in [2.05, 4.69) is 0 Å². The Morgan fingerprint density at radius 3 is 2.07 bits per heavy atom. The van der Waals surface area contributed by atoms with Crippen LogP contribution in [0.5, 0.6) is 5.75 Å². The molecular formula is C21H20FNO4. The number of phenolic OH excluding ortho intramolecular Hbond substituents is 1. The molecule has 2 N–H and O–H groups in total. The number of hydrogen-bond donors (Lipinski definition) is 2. The first-order valence-electron chi connectivity index (χ1n) is 8.47. The number of rotatable bonds is 3. The van der Waals surface area contributed by atoms with Crippen molar-refractivity contribution in [1.82, 2.24) is 0 Å². The third-order valence-corrected chi connectivity index (χ3v) is 4.45. The summed E-state index contributed by atoms with van der Waals surface area (Å²) in [7, 11) is 0. The summed E-state index contributed by atoms with van der Waals surface area (Å²) in [6, 6.07) is 10.4. The van der Waals surface area contributed by atoms with Gasteiger partial charge in [-0.1, -0.05) is 32.9 Å². The Morgan fingerprint density at radius 2 is 1.56 bits per heavy atom. The zero-order chi connectivity index (χ0) is 19.9. The van der Waals surface area contributed by atoms with Crippen LogP contribution in [0.15, 0.2) is 59.9 Å². The second-order valence-electron chi connectivity index (χ2n) is 7.49. The van der Waals surface area contributed by atoms with Crippen molar-refractivity contribution in [2.75, 3.05) is 4.90 Å². The van der Waals surface area contributed by atoms with E-state index in [-0.39, 0.29) is 17.1 Å². The number of carbonyl (C=O) groups excluding carboxylic acids is 2. The van der Waals surface area contributed by atoms with Crippen molar-refractivity contribution in [2.45, 2.75) is 26.8 Å². The number of Topliss-reactive ketones (excluding diaryl/α,β-unsaturated/α-hetero) is 1. The number of aliphatic hydroxyl groups excluding tert-OH is 1. The lowest BCUT2D eigenvalue weighted by Gasteiger charge is -2.29. The molecule has 1 heterocycles. The molecule has 5 nitrogen and oxygen atoms in total. The quantitative estimate of drug-likeness (QED) is 0.856. The molecule has 6 heteroatoms. The second-order valence-corrected chi connectivity index (χ2v) is 7.49. The summed E-state index contributed by atoms with van der Waals surface area (Å²) in [6.45, 7) is 5.11. The van der Waals surface area contributed by atoms with Crippen LogP contribution < -0.4 is 4.90 Å². The van der Waals surface area contributed by atoms with Crippen LogP contribution in [0.1, 0.15) is 32.4 Å². The summed E-state index contributed by atoms with van der Waals surface area (Å²) in [5.41, 5.74) is 0.0600. The number of benzene rings is 2. The standard InChI is InChI=1S/C21H20FNO4/c1-21(2,3)19(26)16-17(12-4-10-15(24)11-5-12)23(20(27)18(16)25)14-8-6-13(22)7-9-14/h4-11,17,24-25H,1-3H3. The number of aromatic hydroxyl groups is 1. The highest BCUT2D eigenvalue weighted by molar-refractivity contribution is 6.17. The van der Waals surface area contributed by atoms with Crippen molar-refractivity contribution in [3.8, 4) is 5.75 Å². The van der Waals surface area contributed by atoms with Gasteiger partial charge < -0.3 is 10.2 Å². The predicted octanol–water partition coefficient (Wildman–Crippen LogP) is 4.05. The molecular weight excluding hydrogens is 349 g/mol. The molecule has 1 aliphatic heterocycles. The first-order chi connectivity index (χ1) is 12.6. The van der Waals surface area contributed by atoms with Crippen LogP contribution in [0.3, 0.4) is 0 Å². The van der Waals surface area contributed by atoms with Crippen LogP contribution in [-0.4, -0.2) is 21.9 Å². The van der Waals surface area contributed by atoms with Gasteiger partial charge in [0.1, 0.15) is 11.6 Å². The van der Waals surface area contributed by atoms with E-state index in [1.807, 2.05) is 0 Å². The van der Waals surface area contributed by atoms with E-state index < -0.39 is 28.9 Å². The highest BCUT2D eigenvalue weighted by Crippen LogP contribution is 2.43. The Hall–Kier alpha value is -3.15. The normalized spacial score (nSPS) is 17.6. The second kappa shape index (κ2) is 6.54. The molecule has 0 radical (unpaired) electrons. The maximum atomic E-state index is 13.3. The van der Waals surface area contributed by atoms with Gasteiger partial charge in [0.15, 0.2) is 11.5 Å². The number of hydrogen-bond acceptors (Lipinski definition) is 4. The fourth-order valence-electron chi connectivity index (χ4n) is 3.08. The van der Waals surface area contributed by atoms with E-state index in [0.717, 1.165) is 0 Å². The van der Waals surface area contributed by atoms with Crippen LogP contribution in [0.2, 0.25) is 0 Å². The van der Waals surface area contributed by atoms with Crippen LogP contribution in [0.25, 0.3) is 0 Å². The first kappa shape index (κ1) is 18.6. The topological polar surface area (TPSA) is 77.8 Å². The lowest BCUT2D eigenvalue weighted by atomic mass is 9.82. The van der Waals surface area contributed by atoms with Crippen molar-refractivity contribution >= 4 is 17.4 Å². The van der Waals surface area contributed by atoms with Crippen molar-refractivity contribution in [3.05, 3.63) is 71.2 Å². The van der Waals surface area contributed by atoms with Crippen LogP contribution >= 0.6 is 0 Å². The van der Waals surface area contributed by atoms with Crippen LogP contribution in [0, 0.1) is 11.2 Å². The maximum Gasteiger partial charge on any atom is 0.294 e. The molecule has 2 aromatic rings. The van der Waals surface area contributed by atoms with Gasteiger partial charge in [-0.2, -0.15) is 0 Å². The number of carbonyl (C=O) groups is 2. The smallest absolute Gasteiger partial charge is 0.294 e. The Morgan fingerprint density at radius 1 is 1.00 bits per heavy atom. The van der Waals surface area contributed by atoms with Gasteiger partial charge in [0.05, 0.1) is 11.6 Å². The minimum atomic E-state index is -0.879. The van der Waals surface area contributed by atoms with Gasteiger partial charge in [-0.15, -0.1) is 0 Å².